The van der Waals surface area contributed by atoms with E-state index in [1.807, 2.05) is 0 Å². The summed E-state index contributed by atoms with van der Waals surface area (Å²) in [6.45, 7) is 6.42. The first-order valence-corrected chi connectivity index (χ1v) is 12.9. The zero-order valence-corrected chi connectivity index (χ0v) is 19.5. The lowest BCUT2D eigenvalue weighted by atomic mass is 10.1. The maximum absolute atomic E-state index is 13.1. The Morgan fingerprint density at radius 3 is 2.45 bits per heavy atom. The Hall–Kier alpha value is -2.16. The molecule has 1 saturated heterocycles. The van der Waals surface area contributed by atoms with Gasteiger partial charge in [-0.25, -0.2) is 8.42 Å². The Morgan fingerprint density at radius 1 is 1.03 bits per heavy atom. The minimum atomic E-state index is -3.48. The largest absolute Gasteiger partial charge is 0.286 e. The van der Waals surface area contributed by atoms with Gasteiger partial charge in [-0.2, -0.15) is 4.31 Å². The van der Waals surface area contributed by atoms with Crippen molar-refractivity contribution in [3.8, 4) is 0 Å². The molecule has 6 nitrogen and oxygen atoms in total. The monoisotopic (exact) mass is 457 g/mol. The standard InChI is InChI=1S/C23H27N3O3S2/c1-17-5-6-18(2)20(15-17)16-30-23-24-11-14-26(23)22(27)19-7-9-21(10-8-19)31(28,29)25-12-3-4-13-25/h5-10,15H,3-4,11-14,16H2,1-2H3. The summed E-state index contributed by atoms with van der Waals surface area (Å²) in [6.07, 6.45) is 1.79. The molecule has 1 amide bonds. The van der Waals surface area contributed by atoms with Crippen LogP contribution in [0.4, 0.5) is 0 Å². The number of benzene rings is 2. The van der Waals surface area contributed by atoms with Crippen LogP contribution in [0.3, 0.4) is 0 Å². The minimum Gasteiger partial charge on any atom is -0.286 e. The number of rotatable bonds is 5. The number of thioether (sulfide) groups is 1. The molecular formula is C23H27N3O3S2. The maximum atomic E-state index is 13.1. The lowest BCUT2D eigenvalue weighted by Crippen LogP contribution is -2.33. The molecule has 0 aliphatic carbocycles. The number of amides is 1. The maximum Gasteiger partial charge on any atom is 0.259 e. The second kappa shape index (κ2) is 9.14. The SMILES string of the molecule is Cc1ccc(C)c(CSC2=NCCN2C(=O)c2ccc(S(=O)(=O)N3CCCC3)cc2)c1. The lowest BCUT2D eigenvalue weighted by molar-refractivity contribution is 0.0860. The van der Waals surface area contributed by atoms with E-state index in [4.69, 9.17) is 0 Å². The van der Waals surface area contributed by atoms with Gasteiger partial charge in [-0.1, -0.05) is 35.5 Å². The van der Waals surface area contributed by atoms with Gasteiger partial charge in [-0.3, -0.25) is 14.7 Å². The minimum absolute atomic E-state index is 0.144. The van der Waals surface area contributed by atoms with E-state index in [2.05, 4.69) is 37.0 Å². The zero-order chi connectivity index (χ0) is 22.0. The van der Waals surface area contributed by atoms with Gasteiger partial charge in [0.15, 0.2) is 5.17 Å². The fourth-order valence-corrected chi connectivity index (χ4v) is 6.46. The number of hydrogen-bond donors (Lipinski definition) is 0. The molecule has 8 heteroatoms. The number of aryl methyl sites for hydroxylation is 2. The molecule has 0 N–H and O–H groups in total. The second-order valence-electron chi connectivity index (χ2n) is 7.98. The first kappa shape index (κ1) is 22.0. The number of nitrogens with zero attached hydrogens (tertiary/aromatic N) is 3. The number of carbonyl (C=O) groups is 1. The van der Waals surface area contributed by atoms with Crippen LogP contribution in [0.15, 0.2) is 52.4 Å². The third-order valence-electron chi connectivity index (χ3n) is 5.71. The second-order valence-corrected chi connectivity index (χ2v) is 10.9. The van der Waals surface area contributed by atoms with Gasteiger partial charge >= 0.3 is 0 Å². The van der Waals surface area contributed by atoms with E-state index in [0.29, 0.717) is 31.7 Å². The van der Waals surface area contributed by atoms with Gasteiger partial charge < -0.3 is 0 Å². The summed E-state index contributed by atoms with van der Waals surface area (Å²) in [7, 11) is -3.48. The summed E-state index contributed by atoms with van der Waals surface area (Å²) in [5.41, 5.74) is 4.15. The normalized spacial score (nSPS) is 17.2. The summed E-state index contributed by atoms with van der Waals surface area (Å²) in [5, 5.41) is 0.722. The highest BCUT2D eigenvalue weighted by atomic mass is 32.2. The number of sulfonamides is 1. The molecule has 2 aliphatic rings. The molecule has 2 aliphatic heterocycles. The summed E-state index contributed by atoms with van der Waals surface area (Å²) in [5.74, 6) is 0.609. The van der Waals surface area contributed by atoms with Crippen LogP contribution in [0.1, 0.15) is 39.9 Å². The average Bonchev–Trinajstić information content (AvgIpc) is 3.46. The number of carbonyl (C=O) groups excluding carboxylic acids is 1. The van der Waals surface area contributed by atoms with Gasteiger partial charge in [0.25, 0.3) is 5.91 Å². The van der Waals surface area contributed by atoms with Crippen LogP contribution in [0.5, 0.6) is 0 Å². The molecule has 0 radical (unpaired) electrons. The van der Waals surface area contributed by atoms with Crippen molar-refractivity contribution < 1.29 is 13.2 Å². The van der Waals surface area contributed by atoms with E-state index in [9.17, 15) is 13.2 Å². The fourth-order valence-electron chi connectivity index (χ4n) is 3.84. The third-order valence-corrected chi connectivity index (χ3v) is 8.69. The quantitative estimate of drug-likeness (QED) is 0.684. The summed E-state index contributed by atoms with van der Waals surface area (Å²) < 4.78 is 26.9. The highest BCUT2D eigenvalue weighted by molar-refractivity contribution is 8.13. The molecule has 0 spiro atoms. The van der Waals surface area contributed by atoms with Crippen molar-refractivity contribution in [1.82, 2.24) is 9.21 Å². The molecule has 2 heterocycles. The molecule has 0 bridgehead atoms. The van der Waals surface area contributed by atoms with E-state index < -0.39 is 10.0 Å². The van der Waals surface area contributed by atoms with Crippen molar-refractivity contribution in [2.24, 2.45) is 4.99 Å². The van der Waals surface area contributed by atoms with Crippen LogP contribution >= 0.6 is 11.8 Å². The van der Waals surface area contributed by atoms with Crippen LogP contribution in [-0.4, -0.2) is 54.9 Å². The van der Waals surface area contributed by atoms with Crippen LogP contribution in [0.25, 0.3) is 0 Å². The number of amidine groups is 1. The van der Waals surface area contributed by atoms with E-state index in [1.54, 1.807) is 28.8 Å². The van der Waals surface area contributed by atoms with Gasteiger partial charge in [-0.05, 0) is 62.1 Å². The van der Waals surface area contributed by atoms with Crippen molar-refractivity contribution >= 4 is 32.9 Å². The van der Waals surface area contributed by atoms with Gasteiger partial charge in [0.05, 0.1) is 11.4 Å². The Labute approximate surface area is 188 Å². The molecule has 2 aromatic rings. The first-order valence-electron chi connectivity index (χ1n) is 10.5. The Balaban J connectivity index is 1.45. The van der Waals surface area contributed by atoms with Crippen molar-refractivity contribution in [1.29, 1.82) is 0 Å². The molecule has 0 aromatic heterocycles. The van der Waals surface area contributed by atoms with Crippen LogP contribution in [0, 0.1) is 13.8 Å². The van der Waals surface area contributed by atoms with Gasteiger partial charge in [0, 0.05) is 31.0 Å². The number of hydrogen-bond acceptors (Lipinski definition) is 5. The summed E-state index contributed by atoms with van der Waals surface area (Å²) in [4.78, 5) is 19.5. The van der Waals surface area contributed by atoms with Crippen molar-refractivity contribution in [2.75, 3.05) is 26.2 Å². The smallest absolute Gasteiger partial charge is 0.259 e. The van der Waals surface area contributed by atoms with Gasteiger partial charge in [0.1, 0.15) is 0 Å². The zero-order valence-electron chi connectivity index (χ0n) is 17.9. The van der Waals surface area contributed by atoms with Crippen LogP contribution in [-0.2, 0) is 15.8 Å². The molecule has 164 valence electrons. The van der Waals surface area contributed by atoms with E-state index in [1.165, 1.54) is 33.1 Å². The highest BCUT2D eigenvalue weighted by Gasteiger charge is 2.29. The van der Waals surface area contributed by atoms with Gasteiger partial charge in [-0.15, -0.1) is 0 Å². The Bertz CT molecular complexity index is 1110. The summed E-state index contributed by atoms with van der Waals surface area (Å²) in [6, 6.07) is 12.7. The molecule has 1 fully saturated rings. The van der Waals surface area contributed by atoms with Crippen LogP contribution < -0.4 is 0 Å². The first-order chi connectivity index (χ1) is 14.9. The predicted molar refractivity (Wildman–Crippen MR) is 125 cm³/mol. The molecule has 0 atom stereocenters. The van der Waals surface area contributed by atoms with Crippen molar-refractivity contribution in [2.45, 2.75) is 37.3 Å². The molecule has 0 unspecified atom stereocenters. The molecule has 0 saturated carbocycles. The van der Waals surface area contributed by atoms with E-state index >= 15 is 0 Å². The average molecular weight is 458 g/mol. The van der Waals surface area contributed by atoms with Crippen molar-refractivity contribution in [3.63, 3.8) is 0 Å². The van der Waals surface area contributed by atoms with Crippen molar-refractivity contribution in [3.05, 3.63) is 64.7 Å². The van der Waals surface area contributed by atoms with E-state index in [0.717, 1.165) is 23.8 Å². The lowest BCUT2D eigenvalue weighted by Gasteiger charge is -2.19. The fraction of sp³-hybridized carbons (Fsp3) is 0.391. The molecule has 2 aromatic carbocycles. The third kappa shape index (κ3) is 4.71. The number of aliphatic imine (C=N–C) groups is 1. The predicted octanol–water partition coefficient (Wildman–Crippen LogP) is 3.83. The van der Waals surface area contributed by atoms with E-state index in [-0.39, 0.29) is 10.8 Å². The molecule has 31 heavy (non-hydrogen) atoms. The molecule has 4 rings (SSSR count). The Morgan fingerprint density at radius 2 is 1.74 bits per heavy atom. The topological polar surface area (TPSA) is 70.0 Å². The summed E-state index contributed by atoms with van der Waals surface area (Å²) >= 11 is 1.57. The van der Waals surface area contributed by atoms with Crippen LogP contribution in [0.2, 0.25) is 0 Å². The Kier molecular flexibility index (Phi) is 6.50. The highest BCUT2D eigenvalue weighted by Crippen LogP contribution is 2.25. The van der Waals surface area contributed by atoms with Gasteiger partial charge in [0.2, 0.25) is 10.0 Å². The molecular weight excluding hydrogens is 430 g/mol.